The van der Waals surface area contributed by atoms with Gasteiger partial charge in [-0.05, 0) is 49.7 Å². The number of benzene rings is 1. The summed E-state index contributed by atoms with van der Waals surface area (Å²) in [4.78, 5) is 31.2. The van der Waals surface area contributed by atoms with Crippen molar-refractivity contribution >= 4 is 46.6 Å². The summed E-state index contributed by atoms with van der Waals surface area (Å²) >= 11 is 8.74. The second kappa shape index (κ2) is 8.84. The van der Waals surface area contributed by atoms with Crippen molar-refractivity contribution in [3.8, 4) is 0 Å². The van der Waals surface area contributed by atoms with Crippen molar-refractivity contribution in [2.24, 2.45) is 17.8 Å². The van der Waals surface area contributed by atoms with Gasteiger partial charge in [-0.15, -0.1) is 25.3 Å². The van der Waals surface area contributed by atoms with Gasteiger partial charge in [0.2, 0.25) is 11.0 Å². The zero-order chi connectivity index (χ0) is 20.4. The fourth-order valence-corrected chi connectivity index (χ4v) is 6.64. The van der Waals surface area contributed by atoms with E-state index >= 15 is 0 Å². The number of nitrogens with zero attached hydrogens (tertiary/aromatic N) is 1. The highest BCUT2D eigenvalue weighted by Crippen LogP contribution is 2.53. The van der Waals surface area contributed by atoms with E-state index in [9.17, 15) is 9.59 Å². The van der Waals surface area contributed by atoms with E-state index in [1.165, 1.54) is 6.42 Å². The number of oxazole rings is 1. The van der Waals surface area contributed by atoms with Crippen LogP contribution in [0, 0.1) is 17.8 Å². The molecule has 2 aliphatic rings. The van der Waals surface area contributed by atoms with E-state index in [0.717, 1.165) is 57.8 Å². The van der Waals surface area contributed by atoms with Gasteiger partial charge in [0.1, 0.15) is 10.9 Å². The second-order valence-corrected chi connectivity index (χ2v) is 9.56. The summed E-state index contributed by atoms with van der Waals surface area (Å²) in [5.41, 5.74) is 0.209. The lowest BCUT2D eigenvalue weighted by Gasteiger charge is -2.45. The van der Waals surface area contributed by atoms with Crippen molar-refractivity contribution in [3.05, 3.63) is 30.2 Å². The highest BCUT2D eigenvalue weighted by Gasteiger charge is 2.59. The SMILES string of the molecule is O=C(S)C(C1CCCCC1)C(C(=O)S)(c1nc2ccccc2o1)C1CCCCC1. The van der Waals surface area contributed by atoms with Crippen LogP contribution < -0.4 is 0 Å². The van der Waals surface area contributed by atoms with Gasteiger partial charge < -0.3 is 4.42 Å². The molecular weight excluding hydrogens is 402 g/mol. The Balaban J connectivity index is 1.92. The van der Waals surface area contributed by atoms with Crippen LogP contribution in [-0.4, -0.2) is 15.2 Å². The minimum atomic E-state index is -1.15. The summed E-state index contributed by atoms with van der Waals surface area (Å²) in [5.74, 6) is -0.0741. The maximum Gasteiger partial charge on any atom is 0.211 e. The molecule has 1 aromatic heterocycles. The van der Waals surface area contributed by atoms with E-state index in [4.69, 9.17) is 9.40 Å². The third-order valence-electron chi connectivity index (χ3n) is 7.13. The third-order valence-corrected chi connectivity index (χ3v) is 7.78. The van der Waals surface area contributed by atoms with Crippen molar-refractivity contribution in [1.29, 1.82) is 0 Å². The minimum absolute atomic E-state index is 0.00246. The van der Waals surface area contributed by atoms with E-state index in [1.54, 1.807) is 0 Å². The fraction of sp³-hybridized carbons (Fsp3) is 0.609. The average Bonchev–Trinajstić information content (AvgIpc) is 3.17. The van der Waals surface area contributed by atoms with Crippen LogP contribution in [0.1, 0.15) is 70.1 Å². The zero-order valence-corrected chi connectivity index (χ0v) is 18.5. The van der Waals surface area contributed by atoms with E-state index in [-0.39, 0.29) is 22.1 Å². The van der Waals surface area contributed by atoms with Crippen LogP contribution >= 0.6 is 25.3 Å². The lowest BCUT2D eigenvalue weighted by molar-refractivity contribution is -0.132. The Labute approximate surface area is 183 Å². The number of fused-ring (bicyclic) bond motifs is 1. The Morgan fingerprint density at radius 3 is 2.17 bits per heavy atom. The topological polar surface area (TPSA) is 60.2 Å². The van der Waals surface area contributed by atoms with E-state index in [0.29, 0.717) is 17.0 Å². The Hall–Kier alpha value is -1.27. The fourth-order valence-electron chi connectivity index (χ4n) is 5.80. The van der Waals surface area contributed by atoms with Gasteiger partial charge in [0.25, 0.3) is 0 Å². The van der Waals surface area contributed by atoms with Crippen LogP contribution in [0.25, 0.3) is 11.1 Å². The van der Waals surface area contributed by atoms with Crippen molar-refractivity contribution < 1.29 is 14.0 Å². The molecule has 0 aliphatic heterocycles. The lowest BCUT2D eigenvalue weighted by atomic mass is 9.58. The molecule has 2 fully saturated rings. The Morgan fingerprint density at radius 1 is 0.966 bits per heavy atom. The number of thiol groups is 2. The van der Waals surface area contributed by atoms with E-state index in [2.05, 4.69) is 25.3 Å². The third kappa shape index (κ3) is 3.78. The lowest BCUT2D eigenvalue weighted by Crippen LogP contribution is -2.53. The molecule has 2 saturated carbocycles. The predicted octanol–water partition coefficient (Wildman–Crippen LogP) is 5.76. The molecule has 0 N–H and O–H groups in total. The maximum atomic E-state index is 13.4. The highest BCUT2D eigenvalue weighted by atomic mass is 32.1. The number of para-hydroxylation sites is 2. The molecule has 0 bridgehead atoms. The maximum absolute atomic E-state index is 13.4. The molecule has 0 spiro atoms. The Morgan fingerprint density at radius 2 is 1.59 bits per heavy atom. The zero-order valence-electron chi connectivity index (χ0n) is 16.7. The van der Waals surface area contributed by atoms with Gasteiger partial charge in [-0.2, -0.15) is 0 Å². The van der Waals surface area contributed by atoms with Gasteiger partial charge in [0.05, 0.1) is 5.92 Å². The van der Waals surface area contributed by atoms with Crippen molar-refractivity contribution in [1.82, 2.24) is 4.98 Å². The molecule has 6 heteroatoms. The number of aromatic nitrogens is 1. The molecule has 2 unspecified atom stereocenters. The first-order valence-electron chi connectivity index (χ1n) is 10.9. The summed E-state index contributed by atoms with van der Waals surface area (Å²) in [6, 6.07) is 7.54. The molecule has 1 aromatic carbocycles. The van der Waals surface area contributed by atoms with Gasteiger partial charge in [0.15, 0.2) is 10.7 Å². The van der Waals surface area contributed by atoms with Gasteiger partial charge in [-0.1, -0.05) is 50.7 Å². The summed E-state index contributed by atoms with van der Waals surface area (Å²) in [7, 11) is 0. The number of hydrogen-bond donors (Lipinski definition) is 2. The van der Waals surface area contributed by atoms with Gasteiger partial charge in [0, 0.05) is 0 Å². The molecule has 1 heterocycles. The molecule has 2 aliphatic carbocycles. The Bertz CT molecular complexity index is 850. The van der Waals surface area contributed by atoms with E-state index in [1.807, 2.05) is 24.3 Å². The van der Waals surface area contributed by atoms with Crippen LogP contribution in [-0.2, 0) is 15.0 Å². The number of hydrogen-bond acceptors (Lipinski definition) is 4. The van der Waals surface area contributed by atoms with Gasteiger partial charge >= 0.3 is 0 Å². The monoisotopic (exact) mass is 431 g/mol. The average molecular weight is 432 g/mol. The largest absolute Gasteiger partial charge is 0.440 e. The summed E-state index contributed by atoms with van der Waals surface area (Å²) in [6.07, 6.45) is 10.2. The smallest absolute Gasteiger partial charge is 0.211 e. The quantitative estimate of drug-likeness (QED) is 0.571. The molecule has 156 valence electrons. The van der Waals surface area contributed by atoms with Crippen LogP contribution in [0.4, 0.5) is 0 Å². The van der Waals surface area contributed by atoms with Crippen molar-refractivity contribution in [3.63, 3.8) is 0 Å². The van der Waals surface area contributed by atoms with Gasteiger partial charge in [-0.3, -0.25) is 9.59 Å². The second-order valence-electron chi connectivity index (χ2n) is 8.71. The van der Waals surface area contributed by atoms with Gasteiger partial charge in [-0.25, -0.2) is 4.98 Å². The number of carbonyl (C=O) groups excluding carboxylic acids is 2. The first-order valence-corrected chi connectivity index (χ1v) is 11.8. The number of rotatable bonds is 6. The molecule has 0 amide bonds. The van der Waals surface area contributed by atoms with Crippen LogP contribution in [0.5, 0.6) is 0 Å². The molecule has 0 saturated heterocycles. The van der Waals surface area contributed by atoms with Crippen molar-refractivity contribution in [2.45, 2.75) is 69.6 Å². The van der Waals surface area contributed by atoms with Crippen LogP contribution in [0.15, 0.2) is 28.7 Å². The van der Waals surface area contributed by atoms with Crippen LogP contribution in [0.2, 0.25) is 0 Å². The molecule has 0 radical (unpaired) electrons. The first kappa shape index (κ1) is 21.0. The molecular formula is C23H29NO3S2. The molecule has 2 aromatic rings. The molecule has 29 heavy (non-hydrogen) atoms. The summed E-state index contributed by atoms with van der Waals surface area (Å²) < 4.78 is 6.20. The number of carbonyl (C=O) groups is 2. The minimum Gasteiger partial charge on any atom is -0.440 e. The molecule has 2 atom stereocenters. The van der Waals surface area contributed by atoms with E-state index < -0.39 is 11.3 Å². The normalized spacial score (nSPS) is 22.3. The highest BCUT2D eigenvalue weighted by molar-refractivity contribution is 7.97. The molecule has 4 nitrogen and oxygen atoms in total. The molecule has 4 rings (SSSR count). The predicted molar refractivity (Wildman–Crippen MR) is 120 cm³/mol. The Kier molecular flexibility index (Phi) is 6.40. The van der Waals surface area contributed by atoms with Crippen LogP contribution in [0.3, 0.4) is 0 Å². The summed E-state index contributed by atoms with van der Waals surface area (Å²) in [5, 5.41) is -0.527. The first-order chi connectivity index (χ1) is 14.0. The summed E-state index contributed by atoms with van der Waals surface area (Å²) in [6.45, 7) is 0. The van der Waals surface area contributed by atoms with Crippen molar-refractivity contribution in [2.75, 3.05) is 0 Å². The standard InChI is InChI=1S/C23H29NO3S2/c25-20(28)19(15-9-3-1-4-10-15)23(22(26)29,16-11-5-2-6-12-16)21-24-17-13-7-8-14-18(17)27-21/h7-8,13-16,19H,1-6,9-12H2,(H,25,28)(H,26,29).